The predicted molar refractivity (Wildman–Crippen MR) is 94.6 cm³/mol. The molecule has 2 heterocycles. The second kappa shape index (κ2) is 7.06. The molecular formula is C18H23N5O2. The van der Waals surface area contributed by atoms with Gasteiger partial charge in [0.2, 0.25) is 0 Å². The zero-order valence-electron chi connectivity index (χ0n) is 14.6. The molecule has 3 N–H and O–H groups in total. The van der Waals surface area contributed by atoms with E-state index in [2.05, 4.69) is 34.2 Å². The maximum Gasteiger partial charge on any atom is 0.254 e. The Hall–Kier alpha value is -2.67. The van der Waals surface area contributed by atoms with Crippen LogP contribution in [0.3, 0.4) is 0 Å². The number of aryl methyl sites for hydroxylation is 1. The molecule has 2 aromatic heterocycles. The zero-order chi connectivity index (χ0) is 18.0. The van der Waals surface area contributed by atoms with Crippen molar-refractivity contribution in [3.05, 3.63) is 48.0 Å². The number of imidazole rings is 1. The molecule has 0 unspecified atom stereocenters. The Kier molecular flexibility index (Phi) is 4.85. The Labute approximate surface area is 146 Å². The van der Waals surface area contributed by atoms with Crippen LogP contribution in [0.4, 0.5) is 0 Å². The minimum absolute atomic E-state index is 0.300. The van der Waals surface area contributed by atoms with E-state index in [-0.39, 0.29) is 6.04 Å². The van der Waals surface area contributed by atoms with Gasteiger partial charge in [0, 0.05) is 18.8 Å². The van der Waals surface area contributed by atoms with Gasteiger partial charge in [-0.05, 0) is 24.5 Å². The summed E-state index contributed by atoms with van der Waals surface area (Å²) >= 11 is 0. The van der Waals surface area contributed by atoms with E-state index in [9.17, 15) is 9.90 Å². The molecule has 2 atom stereocenters. The number of carbonyl (C=O) groups is 1. The molecule has 0 aliphatic rings. The van der Waals surface area contributed by atoms with Crippen LogP contribution in [0.1, 0.15) is 43.8 Å². The number of nitrogens with one attached hydrogen (secondary N) is 2. The highest BCUT2D eigenvalue weighted by Gasteiger charge is 2.25. The molecule has 132 valence electrons. The number of H-pyrrole nitrogens is 1. The van der Waals surface area contributed by atoms with Crippen molar-refractivity contribution in [2.75, 3.05) is 0 Å². The summed E-state index contributed by atoms with van der Waals surface area (Å²) in [5.74, 6) is 0.592. The summed E-state index contributed by atoms with van der Waals surface area (Å²) in [6.07, 6.45) is 2.57. The summed E-state index contributed by atoms with van der Waals surface area (Å²) in [4.78, 5) is 20.3. The highest BCUT2D eigenvalue weighted by molar-refractivity contribution is 5.82. The van der Waals surface area contributed by atoms with Crippen molar-refractivity contribution in [1.82, 2.24) is 25.1 Å². The van der Waals surface area contributed by atoms with Gasteiger partial charge in [0.25, 0.3) is 5.91 Å². The molecule has 0 saturated carbocycles. The van der Waals surface area contributed by atoms with Gasteiger partial charge in [-0.25, -0.2) is 4.98 Å². The summed E-state index contributed by atoms with van der Waals surface area (Å²) in [7, 11) is 1.74. The van der Waals surface area contributed by atoms with Crippen LogP contribution < -0.4 is 5.32 Å². The third-order valence-electron chi connectivity index (χ3n) is 4.05. The van der Waals surface area contributed by atoms with E-state index >= 15 is 0 Å². The molecule has 1 aromatic carbocycles. The summed E-state index contributed by atoms with van der Waals surface area (Å²) in [6, 6.07) is 7.44. The first kappa shape index (κ1) is 17.2. The first-order chi connectivity index (χ1) is 11.9. The fourth-order valence-corrected chi connectivity index (χ4v) is 2.83. The number of carbonyl (C=O) groups excluding carboxylic acids is 1. The van der Waals surface area contributed by atoms with Crippen molar-refractivity contribution < 1.29 is 9.90 Å². The zero-order valence-corrected chi connectivity index (χ0v) is 14.6. The topological polar surface area (TPSA) is 95.8 Å². The van der Waals surface area contributed by atoms with Gasteiger partial charge in [0.1, 0.15) is 5.82 Å². The SMILES string of the molecule is CC(C)C[C@H](NC(=O)[C@@H](O)c1cnn(C)c1)c1nc2ccccc2[nH]1. The van der Waals surface area contributed by atoms with Crippen LogP contribution in [0.2, 0.25) is 0 Å². The molecule has 1 amide bonds. The minimum atomic E-state index is -1.26. The highest BCUT2D eigenvalue weighted by atomic mass is 16.3. The number of aliphatic hydroxyl groups is 1. The number of rotatable bonds is 6. The van der Waals surface area contributed by atoms with Crippen LogP contribution in [0, 0.1) is 5.92 Å². The lowest BCUT2D eigenvalue weighted by Crippen LogP contribution is -2.34. The molecule has 0 spiro atoms. The van der Waals surface area contributed by atoms with Gasteiger partial charge in [-0.1, -0.05) is 26.0 Å². The van der Waals surface area contributed by atoms with Gasteiger partial charge in [0.15, 0.2) is 6.10 Å². The van der Waals surface area contributed by atoms with Gasteiger partial charge in [-0.2, -0.15) is 5.10 Å². The summed E-state index contributed by atoms with van der Waals surface area (Å²) in [5, 5.41) is 17.2. The van der Waals surface area contributed by atoms with E-state index in [1.165, 1.54) is 6.20 Å². The molecule has 0 bridgehead atoms. The molecule has 7 heteroatoms. The fourth-order valence-electron chi connectivity index (χ4n) is 2.83. The Balaban J connectivity index is 1.81. The van der Waals surface area contributed by atoms with Crippen molar-refractivity contribution >= 4 is 16.9 Å². The van der Waals surface area contributed by atoms with Gasteiger partial charge in [-0.15, -0.1) is 0 Å². The Morgan fingerprint density at radius 2 is 2.12 bits per heavy atom. The van der Waals surface area contributed by atoms with Gasteiger partial charge < -0.3 is 15.4 Å². The Bertz CT molecular complexity index is 834. The molecule has 0 fully saturated rings. The van der Waals surface area contributed by atoms with Crippen LogP contribution in [0.25, 0.3) is 11.0 Å². The highest BCUT2D eigenvalue weighted by Crippen LogP contribution is 2.23. The van der Waals surface area contributed by atoms with Crippen LogP contribution in [-0.2, 0) is 11.8 Å². The number of hydrogen-bond acceptors (Lipinski definition) is 4. The Morgan fingerprint density at radius 1 is 1.36 bits per heavy atom. The second-order valence-corrected chi connectivity index (χ2v) is 6.68. The number of para-hydroxylation sites is 2. The fraction of sp³-hybridized carbons (Fsp3) is 0.389. The van der Waals surface area contributed by atoms with Crippen LogP contribution in [0.15, 0.2) is 36.7 Å². The molecule has 3 aromatic rings. The minimum Gasteiger partial charge on any atom is -0.378 e. The number of amides is 1. The normalized spacial score (nSPS) is 14.0. The summed E-state index contributed by atoms with van der Waals surface area (Å²) in [6.45, 7) is 4.17. The van der Waals surface area contributed by atoms with E-state index < -0.39 is 12.0 Å². The number of benzene rings is 1. The third kappa shape index (κ3) is 3.88. The standard InChI is InChI=1S/C18H23N5O2/c1-11(2)8-15(17-20-13-6-4-5-7-14(13)21-17)22-18(25)16(24)12-9-19-23(3)10-12/h4-7,9-11,15-16,24H,8H2,1-3H3,(H,20,21)(H,22,25)/t15-,16-/m0/s1. The number of nitrogens with zero attached hydrogens (tertiary/aromatic N) is 3. The van der Waals surface area contributed by atoms with Crippen LogP contribution >= 0.6 is 0 Å². The number of aromatic nitrogens is 4. The quantitative estimate of drug-likeness (QED) is 0.641. The summed E-state index contributed by atoms with van der Waals surface area (Å²) in [5.41, 5.74) is 2.24. The monoisotopic (exact) mass is 341 g/mol. The van der Waals surface area contributed by atoms with Gasteiger partial charge in [-0.3, -0.25) is 9.48 Å². The first-order valence-corrected chi connectivity index (χ1v) is 8.35. The molecular weight excluding hydrogens is 318 g/mol. The lowest BCUT2D eigenvalue weighted by Gasteiger charge is -2.20. The second-order valence-electron chi connectivity index (χ2n) is 6.68. The molecule has 0 aliphatic heterocycles. The number of aromatic amines is 1. The van der Waals surface area contributed by atoms with E-state index in [0.29, 0.717) is 23.7 Å². The maximum atomic E-state index is 12.5. The van der Waals surface area contributed by atoms with E-state index in [4.69, 9.17) is 0 Å². The lowest BCUT2D eigenvalue weighted by molar-refractivity contribution is -0.130. The van der Waals surface area contributed by atoms with Crippen molar-refractivity contribution in [1.29, 1.82) is 0 Å². The van der Waals surface area contributed by atoms with Crippen molar-refractivity contribution in [3.63, 3.8) is 0 Å². The lowest BCUT2D eigenvalue weighted by atomic mass is 10.0. The smallest absolute Gasteiger partial charge is 0.254 e. The molecule has 0 aliphatic carbocycles. The number of aliphatic hydroxyl groups excluding tert-OH is 1. The van der Waals surface area contributed by atoms with Gasteiger partial charge in [0.05, 0.1) is 23.3 Å². The molecule has 25 heavy (non-hydrogen) atoms. The average Bonchev–Trinajstić information content (AvgIpc) is 3.19. The maximum absolute atomic E-state index is 12.5. The summed E-state index contributed by atoms with van der Waals surface area (Å²) < 4.78 is 1.55. The van der Waals surface area contributed by atoms with Gasteiger partial charge >= 0.3 is 0 Å². The molecule has 7 nitrogen and oxygen atoms in total. The first-order valence-electron chi connectivity index (χ1n) is 8.35. The predicted octanol–water partition coefficient (Wildman–Crippen LogP) is 2.23. The third-order valence-corrected chi connectivity index (χ3v) is 4.05. The molecule has 0 radical (unpaired) electrons. The van der Waals surface area contributed by atoms with Crippen molar-refractivity contribution in [2.24, 2.45) is 13.0 Å². The average molecular weight is 341 g/mol. The molecule has 0 saturated heterocycles. The van der Waals surface area contributed by atoms with E-state index in [1.807, 2.05) is 24.3 Å². The number of fused-ring (bicyclic) bond motifs is 1. The van der Waals surface area contributed by atoms with E-state index in [0.717, 1.165) is 11.0 Å². The molecule has 3 rings (SSSR count). The largest absolute Gasteiger partial charge is 0.378 e. The van der Waals surface area contributed by atoms with Crippen LogP contribution in [0.5, 0.6) is 0 Å². The van der Waals surface area contributed by atoms with Crippen LogP contribution in [-0.4, -0.2) is 30.8 Å². The van der Waals surface area contributed by atoms with Crippen molar-refractivity contribution in [3.8, 4) is 0 Å². The van der Waals surface area contributed by atoms with E-state index in [1.54, 1.807) is 17.9 Å². The Morgan fingerprint density at radius 3 is 2.76 bits per heavy atom. The van der Waals surface area contributed by atoms with Crippen molar-refractivity contribution in [2.45, 2.75) is 32.4 Å². The number of hydrogen-bond donors (Lipinski definition) is 3.